The molecular weight excluding hydrogens is 514 g/mol. The number of hydrogen-bond acceptors (Lipinski definition) is 7. The maximum absolute atomic E-state index is 13.8. The number of ether oxygens (including phenoxy) is 1. The summed E-state index contributed by atoms with van der Waals surface area (Å²) in [6.07, 6.45) is 1.45. The maximum Gasteiger partial charge on any atom is 0.333 e. The van der Waals surface area contributed by atoms with E-state index in [2.05, 4.69) is 4.98 Å². The first kappa shape index (κ1) is 26.2. The zero-order valence-corrected chi connectivity index (χ0v) is 21.2. The number of phenols is 1. The lowest BCUT2D eigenvalue weighted by Crippen LogP contribution is -2.39. The molecule has 0 spiro atoms. The molecule has 202 valence electrons. The van der Waals surface area contributed by atoms with Gasteiger partial charge in [0.05, 0.1) is 29.7 Å². The van der Waals surface area contributed by atoms with Crippen molar-refractivity contribution in [3.8, 4) is 22.6 Å². The van der Waals surface area contributed by atoms with Crippen LogP contribution in [0.4, 0.5) is 5.69 Å². The normalized spacial score (nSPS) is 13.2. The molecule has 0 unspecified atom stereocenters. The Bertz CT molecular complexity index is 1720. The number of fused-ring (bicyclic) bond motifs is 1. The number of aromatic nitrogens is 1. The summed E-state index contributed by atoms with van der Waals surface area (Å²) in [5, 5.41) is 19.6. The summed E-state index contributed by atoms with van der Waals surface area (Å²) in [7, 11) is 0. The highest BCUT2D eigenvalue weighted by atomic mass is 16.5. The van der Waals surface area contributed by atoms with Crippen LogP contribution in [0.5, 0.6) is 11.5 Å². The number of H-pyrrole nitrogens is 1. The van der Waals surface area contributed by atoms with Crippen LogP contribution < -0.4 is 16.0 Å². The van der Waals surface area contributed by atoms with Crippen LogP contribution in [0, 0.1) is 0 Å². The number of rotatable bonds is 8. The Labute approximate surface area is 227 Å². The number of amides is 1. The van der Waals surface area contributed by atoms with Crippen molar-refractivity contribution in [2.75, 3.05) is 25.4 Å². The molecule has 4 aromatic rings. The van der Waals surface area contributed by atoms with Gasteiger partial charge in [-0.25, -0.2) is 4.79 Å². The summed E-state index contributed by atoms with van der Waals surface area (Å²) in [4.78, 5) is 54.5. The molecule has 10 nitrogen and oxygen atoms in total. The van der Waals surface area contributed by atoms with Crippen LogP contribution in [0.2, 0.25) is 0 Å². The molecule has 5 rings (SSSR count). The van der Waals surface area contributed by atoms with Crippen LogP contribution in [0.25, 0.3) is 22.0 Å². The summed E-state index contributed by atoms with van der Waals surface area (Å²) in [5.41, 5.74) is 7.53. The summed E-state index contributed by atoms with van der Waals surface area (Å²) in [6, 6.07) is 17.4. The Hall–Kier alpha value is -5.38. The second-order valence-electron chi connectivity index (χ2n) is 9.31. The van der Waals surface area contributed by atoms with E-state index in [1.807, 2.05) is 0 Å². The van der Waals surface area contributed by atoms with Gasteiger partial charge in [-0.05, 0) is 54.1 Å². The predicted molar refractivity (Wildman–Crippen MR) is 148 cm³/mol. The second kappa shape index (κ2) is 10.8. The van der Waals surface area contributed by atoms with Crippen molar-refractivity contribution in [2.45, 2.75) is 6.42 Å². The highest BCUT2D eigenvalue weighted by Crippen LogP contribution is 2.31. The van der Waals surface area contributed by atoms with Gasteiger partial charge < -0.3 is 30.6 Å². The van der Waals surface area contributed by atoms with Gasteiger partial charge in [-0.1, -0.05) is 18.2 Å². The van der Waals surface area contributed by atoms with E-state index in [4.69, 9.17) is 10.5 Å². The third kappa shape index (κ3) is 5.28. The average Bonchev–Trinajstić information content (AvgIpc) is 2.93. The van der Waals surface area contributed by atoms with E-state index in [0.717, 1.165) is 0 Å². The predicted octanol–water partition coefficient (Wildman–Crippen LogP) is 3.34. The quantitative estimate of drug-likeness (QED) is 0.196. The zero-order valence-electron chi connectivity index (χ0n) is 21.2. The van der Waals surface area contributed by atoms with E-state index in [9.17, 15) is 29.4 Å². The van der Waals surface area contributed by atoms with Gasteiger partial charge in [0.25, 0.3) is 5.56 Å². The molecule has 3 aromatic carbocycles. The summed E-state index contributed by atoms with van der Waals surface area (Å²) in [5.74, 6) is -1.22. The maximum atomic E-state index is 13.8. The number of anilines is 1. The molecule has 0 saturated heterocycles. The minimum atomic E-state index is -1.05. The Morgan fingerprint density at radius 3 is 2.42 bits per heavy atom. The van der Waals surface area contributed by atoms with Gasteiger partial charge in [0.1, 0.15) is 18.1 Å². The first-order valence-corrected chi connectivity index (χ1v) is 12.4. The lowest BCUT2D eigenvalue weighted by atomic mass is 9.91. The number of nitrogens with two attached hydrogens (primary N) is 1. The number of hydrogen-bond donors (Lipinski definition) is 4. The van der Waals surface area contributed by atoms with Gasteiger partial charge in [-0.2, -0.15) is 0 Å². The topological polar surface area (TPSA) is 163 Å². The molecule has 1 amide bonds. The van der Waals surface area contributed by atoms with E-state index in [0.29, 0.717) is 33.5 Å². The Balaban J connectivity index is 1.40. The molecule has 40 heavy (non-hydrogen) atoms. The Morgan fingerprint density at radius 2 is 1.73 bits per heavy atom. The molecule has 10 heteroatoms. The van der Waals surface area contributed by atoms with Gasteiger partial charge in [0.2, 0.25) is 5.91 Å². The molecule has 1 aliphatic heterocycles. The number of phenolic OH excluding ortho intramolecular Hbond substituents is 1. The van der Waals surface area contributed by atoms with Crippen molar-refractivity contribution in [2.24, 2.45) is 0 Å². The number of ketones is 1. The largest absolute Gasteiger partial charge is 0.508 e. The first-order chi connectivity index (χ1) is 19.2. The number of carboxylic acids is 1. The molecule has 0 aliphatic carbocycles. The number of carbonyl (C=O) groups is 3. The molecule has 0 radical (unpaired) electrons. The van der Waals surface area contributed by atoms with Crippen LogP contribution in [0.15, 0.2) is 83.2 Å². The van der Waals surface area contributed by atoms with Gasteiger partial charge in [-0.3, -0.25) is 14.4 Å². The van der Waals surface area contributed by atoms with E-state index in [-0.39, 0.29) is 54.5 Å². The highest BCUT2D eigenvalue weighted by molar-refractivity contribution is 6.19. The van der Waals surface area contributed by atoms with Crippen molar-refractivity contribution in [1.29, 1.82) is 0 Å². The molecule has 0 atom stereocenters. The van der Waals surface area contributed by atoms with Gasteiger partial charge in [-0.15, -0.1) is 0 Å². The molecule has 1 aromatic heterocycles. The third-order valence-electron chi connectivity index (χ3n) is 6.68. The monoisotopic (exact) mass is 539 g/mol. The Kier molecular flexibility index (Phi) is 7.07. The number of carbonyl (C=O) groups excluding carboxylic acids is 2. The van der Waals surface area contributed by atoms with E-state index >= 15 is 0 Å². The minimum Gasteiger partial charge on any atom is -0.508 e. The van der Waals surface area contributed by atoms with E-state index in [1.54, 1.807) is 54.6 Å². The smallest absolute Gasteiger partial charge is 0.333 e. The number of carboxylic acid groups (broad SMARTS) is 1. The number of nitrogen functional groups attached to an aromatic ring is 1. The molecule has 1 aliphatic rings. The van der Waals surface area contributed by atoms with Crippen LogP contribution >= 0.6 is 0 Å². The SMILES string of the molecule is Nc1ccc(-c2c(C(=O)c3ccc(OCCN4CC(C(=O)O)=CCC4=O)cc3)c3ccc(O)cc3[nH]c2=O)cc1. The molecule has 0 fully saturated rings. The number of aromatic amines is 1. The summed E-state index contributed by atoms with van der Waals surface area (Å²) >= 11 is 0. The van der Waals surface area contributed by atoms with Crippen LogP contribution in [-0.2, 0) is 9.59 Å². The lowest BCUT2D eigenvalue weighted by molar-refractivity contribution is -0.135. The fourth-order valence-corrected chi connectivity index (χ4v) is 4.62. The number of pyridine rings is 1. The summed E-state index contributed by atoms with van der Waals surface area (Å²) < 4.78 is 5.73. The number of nitrogens with zero attached hydrogens (tertiary/aromatic N) is 1. The van der Waals surface area contributed by atoms with E-state index < -0.39 is 17.3 Å². The first-order valence-electron chi connectivity index (χ1n) is 12.4. The van der Waals surface area contributed by atoms with Crippen LogP contribution in [0.3, 0.4) is 0 Å². The average molecular weight is 540 g/mol. The van der Waals surface area contributed by atoms with Gasteiger partial charge in [0, 0.05) is 34.7 Å². The minimum absolute atomic E-state index is 0.0171. The van der Waals surface area contributed by atoms with E-state index in [1.165, 1.54) is 23.1 Å². The number of aromatic hydroxyl groups is 1. The third-order valence-corrected chi connectivity index (χ3v) is 6.68. The number of aliphatic carboxylic acids is 1. The lowest BCUT2D eigenvalue weighted by Gasteiger charge is -2.25. The molecule has 2 heterocycles. The molecule has 0 bridgehead atoms. The fraction of sp³-hybridized carbons (Fsp3) is 0.133. The highest BCUT2D eigenvalue weighted by Gasteiger charge is 2.24. The Morgan fingerprint density at radius 1 is 1.00 bits per heavy atom. The van der Waals surface area contributed by atoms with Crippen molar-refractivity contribution >= 4 is 34.3 Å². The standard InChI is InChI=1S/C30H25N3O7/c31-20-6-1-17(2-7-20)26-27(23-11-8-21(34)15-24(23)32-29(26)37)28(36)18-3-9-22(10-4-18)40-14-13-33-16-19(30(38)39)5-12-25(33)35/h1-11,15,34H,12-14,16,31H2,(H,32,37)(H,38,39). The van der Waals surface area contributed by atoms with Gasteiger partial charge >= 0.3 is 5.97 Å². The van der Waals surface area contributed by atoms with Gasteiger partial charge in [0.15, 0.2) is 5.78 Å². The number of nitrogens with one attached hydrogen (secondary N) is 1. The summed E-state index contributed by atoms with van der Waals surface area (Å²) in [6.45, 7) is 0.360. The van der Waals surface area contributed by atoms with Crippen LogP contribution in [0.1, 0.15) is 22.3 Å². The molecule has 5 N–H and O–H groups in total. The van der Waals surface area contributed by atoms with Crippen molar-refractivity contribution < 1.29 is 29.3 Å². The van der Waals surface area contributed by atoms with Crippen LogP contribution in [-0.4, -0.2) is 57.5 Å². The zero-order chi connectivity index (χ0) is 28.4. The molecular formula is C30H25N3O7. The van der Waals surface area contributed by atoms with Crippen molar-refractivity contribution in [3.63, 3.8) is 0 Å². The van der Waals surface area contributed by atoms with Crippen molar-refractivity contribution in [3.05, 3.63) is 99.9 Å². The van der Waals surface area contributed by atoms with Crippen molar-refractivity contribution in [1.82, 2.24) is 9.88 Å². The molecule has 0 saturated carbocycles. The fourth-order valence-electron chi connectivity index (χ4n) is 4.62. The number of benzene rings is 3. The second-order valence-corrected chi connectivity index (χ2v) is 9.31.